The molecule has 2 aromatic carbocycles. The number of benzene rings is 2. The van der Waals surface area contributed by atoms with Gasteiger partial charge in [0.25, 0.3) is 5.24 Å². The van der Waals surface area contributed by atoms with Gasteiger partial charge in [0, 0.05) is 9.13 Å². The maximum Gasteiger partial charge on any atom is 0.253 e. The van der Waals surface area contributed by atoms with Crippen molar-refractivity contribution in [1.82, 2.24) is 0 Å². The third-order valence-corrected chi connectivity index (χ3v) is 3.22. The van der Waals surface area contributed by atoms with Gasteiger partial charge in [0.15, 0.2) is 0 Å². The number of halogens is 2. The molecule has 0 heterocycles. The van der Waals surface area contributed by atoms with E-state index in [0.717, 1.165) is 14.3 Å². The Bertz CT molecular complexity index is 508. The van der Waals surface area contributed by atoms with E-state index in [2.05, 4.69) is 22.6 Å². The average molecular weight is 317 g/mol. The largest absolute Gasteiger partial charge is 0.276 e. The van der Waals surface area contributed by atoms with Crippen LogP contribution in [-0.4, -0.2) is 5.24 Å². The summed E-state index contributed by atoms with van der Waals surface area (Å²) in [4.78, 5) is 11.1. The summed E-state index contributed by atoms with van der Waals surface area (Å²) in [7, 11) is 0. The topological polar surface area (TPSA) is 17.1 Å². The molecule has 3 heteroatoms. The smallest absolute Gasteiger partial charge is 0.253 e. The fourth-order valence-corrected chi connectivity index (χ4v) is 2.29. The van der Waals surface area contributed by atoms with E-state index in [1.165, 1.54) is 0 Å². The van der Waals surface area contributed by atoms with E-state index in [1.54, 1.807) is 6.07 Å². The van der Waals surface area contributed by atoms with E-state index < -0.39 is 5.24 Å². The first-order chi connectivity index (χ1) is 6.70. The second kappa shape index (κ2) is 3.87. The molecule has 2 aromatic rings. The molecule has 0 amide bonds. The average Bonchev–Trinajstić information content (AvgIpc) is 2.17. The van der Waals surface area contributed by atoms with E-state index in [9.17, 15) is 4.79 Å². The van der Waals surface area contributed by atoms with Crippen LogP contribution < -0.4 is 0 Å². The standard InChI is InChI=1S/C11H6ClIO/c12-11(14)9-5-1-4-8-7(9)3-2-6-10(8)13/h1-6H. The number of hydrogen-bond acceptors (Lipinski definition) is 1. The summed E-state index contributed by atoms with van der Waals surface area (Å²) >= 11 is 7.74. The maximum atomic E-state index is 11.1. The van der Waals surface area contributed by atoms with E-state index in [1.807, 2.05) is 30.3 Å². The minimum absolute atomic E-state index is 0.405. The number of hydrogen-bond donors (Lipinski definition) is 0. The Morgan fingerprint density at radius 1 is 1.07 bits per heavy atom. The predicted octanol–water partition coefficient (Wildman–Crippen LogP) is 3.82. The van der Waals surface area contributed by atoms with Gasteiger partial charge in [0.05, 0.1) is 0 Å². The van der Waals surface area contributed by atoms with Crippen LogP contribution >= 0.6 is 34.2 Å². The van der Waals surface area contributed by atoms with Gasteiger partial charge in [0.1, 0.15) is 0 Å². The molecule has 0 radical (unpaired) electrons. The molecule has 1 nitrogen and oxygen atoms in total. The minimum atomic E-state index is -0.405. The van der Waals surface area contributed by atoms with Crippen LogP contribution in [-0.2, 0) is 0 Å². The Morgan fingerprint density at radius 3 is 2.43 bits per heavy atom. The fraction of sp³-hybridized carbons (Fsp3) is 0. The lowest BCUT2D eigenvalue weighted by molar-refractivity contribution is 0.108. The van der Waals surface area contributed by atoms with Gasteiger partial charge in [-0.3, -0.25) is 4.79 Å². The maximum absolute atomic E-state index is 11.1. The Hall–Kier alpha value is -0.610. The van der Waals surface area contributed by atoms with Crippen LogP contribution in [0.2, 0.25) is 0 Å². The molecule has 0 saturated carbocycles. The highest BCUT2D eigenvalue weighted by Gasteiger charge is 2.07. The van der Waals surface area contributed by atoms with Gasteiger partial charge in [-0.2, -0.15) is 0 Å². The molecule has 0 saturated heterocycles. The number of rotatable bonds is 1. The number of fused-ring (bicyclic) bond motifs is 1. The highest BCUT2D eigenvalue weighted by molar-refractivity contribution is 14.1. The third kappa shape index (κ3) is 1.64. The summed E-state index contributed by atoms with van der Waals surface area (Å²) in [5.74, 6) is 0. The molecule has 0 aliphatic heterocycles. The molecular formula is C11H6ClIO. The van der Waals surface area contributed by atoms with Crippen LogP contribution in [0.15, 0.2) is 36.4 Å². The molecule has 0 aliphatic carbocycles. The molecule has 14 heavy (non-hydrogen) atoms. The SMILES string of the molecule is O=C(Cl)c1cccc2c(I)cccc12. The Balaban J connectivity index is 2.88. The Labute approximate surface area is 100 Å². The van der Waals surface area contributed by atoms with Gasteiger partial charge in [-0.15, -0.1) is 0 Å². The molecule has 0 unspecified atom stereocenters. The second-order valence-electron chi connectivity index (χ2n) is 2.91. The van der Waals surface area contributed by atoms with Crippen molar-refractivity contribution in [3.63, 3.8) is 0 Å². The zero-order chi connectivity index (χ0) is 10.1. The zero-order valence-electron chi connectivity index (χ0n) is 7.13. The summed E-state index contributed by atoms with van der Waals surface area (Å²) in [6.07, 6.45) is 0. The summed E-state index contributed by atoms with van der Waals surface area (Å²) in [6.45, 7) is 0. The molecule has 70 valence electrons. The van der Waals surface area contributed by atoms with Crippen molar-refractivity contribution in [2.24, 2.45) is 0 Å². The molecule has 0 bridgehead atoms. The van der Waals surface area contributed by atoms with E-state index in [0.29, 0.717) is 5.56 Å². The van der Waals surface area contributed by atoms with E-state index >= 15 is 0 Å². The van der Waals surface area contributed by atoms with Crippen molar-refractivity contribution in [2.45, 2.75) is 0 Å². The first-order valence-electron chi connectivity index (χ1n) is 4.07. The quantitative estimate of drug-likeness (QED) is 0.577. The second-order valence-corrected chi connectivity index (χ2v) is 4.42. The molecule has 0 N–H and O–H groups in total. The first kappa shape index (κ1) is 9.93. The lowest BCUT2D eigenvalue weighted by atomic mass is 10.1. The molecular weight excluding hydrogens is 310 g/mol. The monoisotopic (exact) mass is 316 g/mol. The third-order valence-electron chi connectivity index (χ3n) is 2.08. The lowest BCUT2D eigenvalue weighted by Gasteiger charge is -2.03. The predicted molar refractivity (Wildman–Crippen MR) is 66.8 cm³/mol. The zero-order valence-corrected chi connectivity index (χ0v) is 10.0. The van der Waals surface area contributed by atoms with Crippen LogP contribution in [0.5, 0.6) is 0 Å². The molecule has 0 fully saturated rings. The van der Waals surface area contributed by atoms with Gasteiger partial charge >= 0.3 is 0 Å². The minimum Gasteiger partial charge on any atom is -0.276 e. The first-order valence-corrected chi connectivity index (χ1v) is 5.53. The lowest BCUT2D eigenvalue weighted by Crippen LogP contribution is -1.90. The normalized spacial score (nSPS) is 10.4. The summed E-state index contributed by atoms with van der Waals surface area (Å²) < 4.78 is 1.12. The summed E-state index contributed by atoms with van der Waals surface area (Å²) in [6, 6.07) is 11.4. The van der Waals surface area contributed by atoms with Gasteiger partial charge < -0.3 is 0 Å². The molecule has 0 aromatic heterocycles. The molecule has 0 atom stereocenters. The molecule has 2 rings (SSSR count). The van der Waals surface area contributed by atoms with E-state index in [4.69, 9.17) is 11.6 Å². The van der Waals surface area contributed by atoms with Crippen molar-refractivity contribution in [3.05, 3.63) is 45.5 Å². The van der Waals surface area contributed by atoms with Gasteiger partial charge in [-0.05, 0) is 57.1 Å². The van der Waals surface area contributed by atoms with Crippen LogP contribution in [0, 0.1) is 3.57 Å². The van der Waals surface area contributed by atoms with Crippen LogP contribution in [0.3, 0.4) is 0 Å². The van der Waals surface area contributed by atoms with Crippen LogP contribution in [0.1, 0.15) is 10.4 Å². The Morgan fingerprint density at radius 2 is 1.71 bits per heavy atom. The van der Waals surface area contributed by atoms with Crippen molar-refractivity contribution < 1.29 is 4.79 Å². The van der Waals surface area contributed by atoms with Crippen molar-refractivity contribution in [3.8, 4) is 0 Å². The fourth-order valence-electron chi connectivity index (χ4n) is 1.44. The van der Waals surface area contributed by atoms with E-state index in [-0.39, 0.29) is 0 Å². The van der Waals surface area contributed by atoms with Gasteiger partial charge in [-0.25, -0.2) is 0 Å². The molecule has 0 spiro atoms. The van der Waals surface area contributed by atoms with Crippen LogP contribution in [0.25, 0.3) is 10.8 Å². The highest BCUT2D eigenvalue weighted by Crippen LogP contribution is 2.24. The summed E-state index contributed by atoms with van der Waals surface area (Å²) in [5.41, 5.74) is 0.572. The van der Waals surface area contributed by atoms with Crippen molar-refractivity contribution in [1.29, 1.82) is 0 Å². The van der Waals surface area contributed by atoms with Crippen molar-refractivity contribution >= 4 is 50.2 Å². The van der Waals surface area contributed by atoms with Gasteiger partial charge in [-0.1, -0.05) is 24.3 Å². The molecule has 0 aliphatic rings. The van der Waals surface area contributed by atoms with Crippen LogP contribution in [0.4, 0.5) is 0 Å². The Kier molecular flexibility index (Phi) is 2.74. The van der Waals surface area contributed by atoms with Gasteiger partial charge in [0.2, 0.25) is 0 Å². The summed E-state index contributed by atoms with van der Waals surface area (Å²) in [5, 5.41) is 1.58. The highest BCUT2D eigenvalue weighted by atomic mass is 127. The number of carbonyl (C=O) groups is 1. The number of carbonyl (C=O) groups excluding carboxylic acids is 1. The van der Waals surface area contributed by atoms with Crippen molar-refractivity contribution in [2.75, 3.05) is 0 Å².